The van der Waals surface area contributed by atoms with Crippen LogP contribution in [0.15, 0.2) is 12.1 Å². The number of benzene rings is 1. The Morgan fingerprint density at radius 3 is 2.74 bits per heavy atom. The summed E-state index contributed by atoms with van der Waals surface area (Å²) in [5, 5.41) is 9.98. The molecule has 0 saturated carbocycles. The summed E-state index contributed by atoms with van der Waals surface area (Å²) in [5.74, 6) is 2.13. The molecule has 0 spiro atoms. The average molecular weight is 263 g/mol. The monoisotopic (exact) mass is 263 g/mol. The molecule has 2 heterocycles. The van der Waals surface area contributed by atoms with Gasteiger partial charge in [0.2, 0.25) is 0 Å². The van der Waals surface area contributed by atoms with Gasteiger partial charge in [0.05, 0.1) is 16.6 Å². The van der Waals surface area contributed by atoms with Gasteiger partial charge < -0.3 is 25.3 Å². The van der Waals surface area contributed by atoms with E-state index in [1.165, 1.54) is 0 Å². The molecule has 19 heavy (non-hydrogen) atoms. The molecule has 1 unspecified atom stereocenters. The highest BCUT2D eigenvalue weighted by molar-refractivity contribution is 5.79. The lowest BCUT2D eigenvalue weighted by Crippen LogP contribution is -2.36. The van der Waals surface area contributed by atoms with Crippen LogP contribution in [-0.4, -0.2) is 40.4 Å². The van der Waals surface area contributed by atoms with Crippen molar-refractivity contribution in [3.05, 3.63) is 18.0 Å². The van der Waals surface area contributed by atoms with E-state index in [4.69, 9.17) is 15.2 Å². The minimum Gasteiger partial charge on any atom is -0.486 e. The maximum absolute atomic E-state index is 9.98. The van der Waals surface area contributed by atoms with E-state index in [1.807, 2.05) is 12.1 Å². The van der Waals surface area contributed by atoms with Crippen molar-refractivity contribution >= 4 is 11.0 Å². The van der Waals surface area contributed by atoms with Crippen LogP contribution in [0.3, 0.4) is 0 Å². The highest BCUT2D eigenvalue weighted by Crippen LogP contribution is 2.33. The van der Waals surface area contributed by atoms with Crippen LogP contribution < -0.4 is 15.2 Å². The fourth-order valence-corrected chi connectivity index (χ4v) is 2.12. The lowest BCUT2D eigenvalue weighted by Gasteiger charge is -2.18. The number of H-pyrrole nitrogens is 1. The Morgan fingerprint density at radius 1 is 1.37 bits per heavy atom. The molecule has 3 rings (SSSR count). The first-order valence-corrected chi connectivity index (χ1v) is 6.28. The van der Waals surface area contributed by atoms with E-state index in [-0.39, 0.29) is 6.54 Å². The summed E-state index contributed by atoms with van der Waals surface area (Å²) in [6.07, 6.45) is 0.380. The van der Waals surface area contributed by atoms with Crippen molar-refractivity contribution in [3.63, 3.8) is 0 Å². The first kappa shape index (κ1) is 12.3. The van der Waals surface area contributed by atoms with Gasteiger partial charge in [0.15, 0.2) is 11.5 Å². The molecule has 6 heteroatoms. The fourth-order valence-electron chi connectivity index (χ4n) is 2.12. The van der Waals surface area contributed by atoms with Crippen LogP contribution in [0.4, 0.5) is 0 Å². The van der Waals surface area contributed by atoms with Crippen molar-refractivity contribution in [2.75, 3.05) is 19.8 Å². The third-order valence-electron chi connectivity index (χ3n) is 3.18. The quantitative estimate of drug-likeness (QED) is 0.753. The average Bonchev–Trinajstić information content (AvgIpc) is 2.76. The molecular weight excluding hydrogens is 246 g/mol. The van der Waals surface area contributed by atoms with Crippen LogP contribution in [0.1, 0.15) is 12.7 Å². The van der Waals surface area contributed by atoms with Crippen LogP contribution in [0.5, 0.6) is 11.5 Å². The molecule has 102 valence electrons. The van der Waals surface area contributed by atoms with Crippen molar-refractivity contribution in [2.45, 2.75) is 18.9 Å². The Morgan fingerprint density at radius 2 is 2.05 bits per heavy atom. The minimum atomic E-state index is -0.958. The van der Waals surface area contributed by atoms with Gasteiger partial charge in [-0.15, -0.1) is 0 Å². The van der Waals surface area contributed by atoms with E-state index in [0.29, 0.717) is 31.2 Å². The molecule has 0 bridgehead atoms. The van der Waals surface area contributed by atoms with Crippen LogP contribution in [-0.2, 0) is 6.42 Å². The van der Waals surface area contributed by atoms with E-state index in [1.54, 1.807) is 6.92 Å². The van der Waals surface area contributed by atoms with E-state index in [2.05, 4.69) is 9.97 Å². The first-order chi connectivity index (χ1) is 9.07. The predicted octanol–water partition coefficient (Wildman–Crippen LogP) is 0.586. The third kappa shape index (κ3) is 2.36. The molecule has 1 atom stereocenters. The van der Waals surface area contributed by atoms with Crippen molar-refractivity contribution < 1.29 is 14.6 Å². The Hall–Kier alpha value is -1.79. The number of imidazole rings is 1. The second kappa shape index (κ2) is 4.40. The summed E-state index contributed by atoms with van der Waals surface area (Å²) in [4.78, 5) is 7.62. The summed E-state index contributed by atoms with van der Waals surface area (Å²) in [6.45, 7) is 2.99. The van der Waals surface area contributed by atoms with E-state index in [0.717, 1.165) is 16.8 Å². The number of ether oxygens (including phenoxy) is 2. The molecule has 1 aromatic carbocycles. The standard InChI is InChI=1S/C13H17N3O3/c1-13(17,7-14)6-12-15-8-4-10-11(5-9(8)16-12)19-3-2-18-10/h4-5,17H,2-3,6-7,14H2,1H3,(H,15,16). The number of nitrogens with one attached hydrogen (secondary N) is 1. The zero-order valence-corrected chi connectivity index (χ0v) is 10.8. The van der Waals surface area contributed by atoms with Crippen LogP contribution >= 0.6 is 0 Å². The van der Waals surface area contributed by atoms with E-state index < -0.39 is 5.60 Å². The smallest absolute Gasteiger partial charge is 0.163 e. The molecule has 4 N–H and O–H groups in total. The van der Waals surface area contributed by atoms with Gasteiger partial charge in [-0.1, -0.05) is 0 Å². The summed E-state index contributed by atoms with van der Waals surface area (Å²) >= 11 is 0. The lowest BCUT2D eigenvalue weighted by atomic mass is 10.0. The molecule has 0 aliphatic carbocycles. The largest absolute Gasteiger partial charge is 0.486 e. The number of nitrogens with two attached hydrogens (primary N) is 1. The van der Waals surface area contributed by atoms with Crippen molar-refractivity contribution in [2.24, 2.45) is 5.73 Å². The van der Waals surface area contributed by atoms with Gasteiger partial charge in [0.1, 0.15) is 19.0 Å². The third-order valence-corrected chi connectivity index (χ3v) is 3.18. The number of aromatic amines is 1. The van der Waals surface area contributed by atoms with E-state index >= 15 is 0 Å². The Balaban J connectivity index is 1.97. The Kier molecular flexibility index (Phi) is 2.83. The van der Waals surface area contributed by atoms with Crippen LogP contribution in [0.25, 0.3) is 11.0 Å². The number of hydrogen-bond acceptors (Lipinski definition) is 5. The van der Waals surface area contributed by atoms with Gasteiger partial charge in [-0.2, -0.15) is 0 Å². The van der Waals surface area contributed by atoms with Crippen molar-refractivity contribution in [1.29, 1.82) is 0 Å². The number of rotatable bonds is 3. The number of nitrogens with zero attached hydrogens (tertiary/aromatic N) is 1. The molecular formula is C13H17N3O3. The molecule has 6 nitrogen and oxygen atoms in total. The van der Waals surface area contributed by atoms with Crippen molar-refractivity contribution in [1.82, 2.24) is 9.97 Å². The molecule has 0 amide bonds. The van der Waals surface area contributed by atoms with Gasteiger partial charge in [-0.25, -0.2) is 4.98 Å². The summed E-state index contributed by atoms with van der Waals surface area (Å²) in [5.41, 5.74) is 6.22. The van der Waals surface area contributed by atoms with Gasteiger partial charge in [-0.05, 0) is 6.92 Å². The second-order valence-electron chi connectivity index (χ2n) is 5.07. The second-order valence-corrected chi connectivity index (χ2v) is 5.07. The summed E-state index contributed by atoms with van der Waals surface area (Å²) < 4.78 is 11.0. The lowest BCUT2D eigenvalue weighted by molar-refractivity contribution is 0.0678. The van der Waals surface area contributed by atoms with Gasteiger partial charge in [0, 0.05) is 25.1 Å². The van der Waals surface area contributed by atoms with Crippen molar-refractivity contribution in [3.8, 4) is 11.5 Å². The first-order valence-electron chi connectivity index (χ1n) is 6.28. The molecule has 1 aliphatic heterocycles. The predicted molar refractivity (Wildman–Crippen MR) is 70.5 cm³/mol. The number of aliphatic hydroxyl groups is 1. The van der Waals surface area contributed by atoms with Gasteiger partial charge in [0.25, 0.3) is 0 Å². The topological polar surface area (TPSA) is 93.4 Å². The number of hydrogen-bond donors (Lipinski definition) is 3. The zero-order valence-electron chi connectivity index (χ0n) is 10.8. The summed E-state index contributed by atoms with van der Waals surface area (Å²) in [7, 11) is 0. The zero-order chi connectivity index (χ0) is 13.5. The SMILES string of the molecule is CC(O)(CN)Cc1nc2cc3c(cc2[nH]1)OCCO3. The molecule has 0 fully saturated rings. The maximum Gasteiger partial charge on any atom is 0.163 e. The Labute approximate surface area is 110 Å². The summed E-state index contributed by atoms with van der Waals surface area (Å²) in [6, 6.07) is 3.72. The van der Waals surface area contributed by atoms with Gasteiger partial charge in [-0.3, -0.25) is 0 Å². The Bertz CT molecular complexity index is 563. The van der Waals surface area contributed by atoms with E-state index in [9.17, 15) is 5.11 Å². The van der Waals surface area contributed by atoms with Gasteiger partial charge >= 0.3 is 0 Å². The highest BCUT2D eigenvalue weighted by atomic mass is 16.6. The van der Waals surface area contributed by atoms with Crippen LogP contribution in [0, 0.1) is 0 Å². The molecule has 0 radical (unpaired) electrons. The fraction of sp³-hybridized carbons (Fsp3) is 0.462. The highest BCUT2D eigenvalue weighted by Gasteiger charge is 2.21. The molecule has 1 aliphatic rings. The molecule has 2 aromatic rings. The number of fused-ring (bicyclic) bond motifs is 2. The molecule has 0 saturated heterocycles. The minimum absolute atomic E-state index is 0.187. The van der Waals surface area contributed by atoms with Crippen LogP contribution in [0.2, 0.25) is 0 Å². The maximum atomic E-state index is 9.98. The number of aromatic nitrogens is 2. The normalized spacial score (nSPS) is 17.4. The molecule has 1 aromatic heterocycles.